The number of ether oxygens (including phenoxy) is 1. The van der Waals surface area contributed by atoms with Crippen LogP contribution >= 0.6 is 0 Å². The molecule has 0 aliphatic heterocycles. The van der Waals surface area contributed by atoms with E-state index in [2.05, 4.69) is 9.97 Å². The standard InChI is InChI=1S/C17H18N2O2/c1-2-21-16-10-6-3-7-12(16)17-18-11-13-14(19-17)8-4-5-9-15(13)20/h3,6-7,10-11H,2,4-5,8-9H2,1H3. The molecular weight excluding hydrogens is 264 g/mol. The summed E-state index contributed by atoms with van der Waals surface area (Å²) >= 11 is 0. The zero-order chi connectivity index (χ0) is 14.7. The molecule has 0 fully saturated rings. The zero-order valence-electron chi connectivity index (χ0n) is 12.1. The second-order valence-electron chi connectivity index (χ2n) is 5.11. The Morgan fingerprint density at radius 2 is 1.95 bits per heavy atom. The fourth-order valence-corrected chi connectivity index (χ4v) is 2.62. The highest BCUT2D eigenvalue weighted by atomic mass is 16.5. The first-order valence-electron chi connectivity index (χ1n) is 7.41. The molecule has 108 valence electrons. The molecule has 0 N–H and O–H groups in total. The predicted molar refractivity (Wildman–Crippen MR) is 80.5 cm³/mol. The van der Waals surface area contributed by atoms with Crippen molar-refractivity contribution in [3.8, 4) is 17.1 Å². The van der Waals surface area contributed by atoms with Crippen LogP contribution in [0.1, 0.15) is 42.2 Å². The van der Waals surface area contributed by atoms with Gasteiger partial charge in [-0.05, 0) is 38.3 Å². The van der Waals surface area contributed by atoms with Gasteiger partial charge in [-0.15, -0.1) is 0 Å². The molecule has 0 atom stereocenters. The van der Waals surface area contributed by atoms with Crippen LogP contribution in [0.2, 0.25) is 0 Å². The second kappa shape index (κ2) is 6.04. The van der Waals surface area contributed by atoms with Crippen molar-refractivity contribution in [3.63, 3.8) is 0 Å². The number of fused-ring (bicyclic) bond motifs is 1. The Kier molecular flexibility index (Phi) is 3.95. The fourth-order valence-electron chi connectivity index (χ4n) is 2.62. The number of rotatable bonds is 3. The number of hydrogen-bond acceptors (Lipinski definition) is 4. The second-order valence-corrected chi connectivity index (χ2v) is 5.11. The number of Topliss-reactive ketones (excluding diaryl/α,β-unsaturated/α-hetero) is 1. The highest BCUT2D eigenvalue weighted by Crippen LogP contribution is 2.28. The molecule has 0 radical (unpaired) electrons. The van der Waals surface area contributed by atoms with Gasteiger partial charge in [0.05, 0.1) is 23.4 Å². The molecule has 2 aromatic rings. The minimum Gasteiger partial charge on any atom is -0.493 e. The average Bonchev–Trinajstić information content (AvgIpc) is 2.70. The van der Waals surface area contributed by atoms with Crippen LogP contribution in [0.4, 0.5) is 0 Å². The first-order valence-corrected chi connectivity index (χ1v) is 7.41. The van der Waals surface area contributed by atoms with E-state index < -0.39 is 0 Å². The van der Waals surface area contributed by atoms with Crippen molar-refractivity contribution in [1.29, 1.82) is 0 Å². The number of para-hydroxylation sites is 1. The van der Waals surface area contributed by atoms with Gasteiger partial charge in [0, 0.05) is 12.6 Å². The molecule has 1 aromatic heterocycles. The molecule has 0 saturated carbocycles. The summed E-state index contributed by atoms with van der Waals surface area (Å²) in [5, 5.41) is 0. The van der Waals surface area contributed by atoms with Crippen LogP contribution in [-0.2, 0) is 6.42 Å². The summed E-state index contributed by atoms with van der Waals surface area (Å²) in [5.74, 6) is 1.57. The summed E-state index contributed by atoms with van der Waals surface area (Å²) in [6.45, 7) is 2.55. The molecule has 1 aromatic carbocycles. The van der Waals surface area contributed by atoms with Crippen molar-refractivity contribution in [2.24, 2.45) is 0 Å². The van der Waals surface area contributed by atoms with E-state index in [0.29, 0.717) is 24.4 Å². The highest BCUT2D eigenvalue weighted by Gasteiger charge is 2.19. The number of carbonyl (C=O) groups excluding carboxylic acids is 1. The Hall–Kier alpha value is -2.23. The summed E-state index contributed by atoms with van der Waals surface area (Å²) in [6.07, 6.45) is 5.05. The Morgan fingerprint density at radius 3 is 2.81 bits per heavy atom. The lowest BCUT2D eigenvalue weighted by Gasteiger charge is -2.10. The Labute approximate surface area is 124 Å². The Bertz CT molecular complexity index is 668. The molecule has 4 heteroatoms. The molecular formula is C17H18N2O2. The number of hydrogen-bond donors (Lipinski definition) is 0. The van der Waals surface area contributed by atoms with Gasteiger partial charge in [0.1, 0.15) is 5.75 Å². The van der Waals surface area contributed by atoms with E-state index in [0.717, 1.165) is 36.3 Å². The van der Waals surface area contributed by atoms with Crippen LogP contribution in [-0.4, -0.2) is 22.4 Å². The minimum absolute atomic E-state index is 0.159. The normalized spacial score (nSPS) is 14.4. The first-order chi connectivity index (χ1) is 10.3. The van der Waals surface area contributed by atoms with Gasteiger partial charge >= 0.3 is 0 Å². The lowest BCUT2D eigenvalue weighted by atomic mass is 10.1. The third kappa shape index (κ3) is 2.79. The van der Waals surface area contributed by atoms with Gasteiger partial charge in [0.2, 0.25) is 0 Å². The first kappa shape index (κ1) is 13.7. The topological polar surface area (TPSA) is 52.1 Å². The number of carbonyl (C=O) groups is 1. The predicted octanol–water partition coefficient (Wildman–Crippen LogP) is 3.45. The van der Waals surface area contributed by atoms with Crippen LogP contribution in [0, 0.1) is 0 Å². The van der Waals surface area contributed by atoms with Gasteiger partial charge < -0.3 is 4.74 Å². The molecule has 21 heavy (non-hydrogen) atoms. The molecule has 1 heterocycles. The van der Waals surface area contributed by atoms with E-state index in [4.69, 9.17) is 4.74 Å². The molecule has 1 aliphatic carbocycles. The Morgan fingerprint density at radius 1 is 1.14 bits per heavy atom. The molecule has 3 rings (SSSR count). The third-order valence-corrected chi connectivity index (χ3v) is 3.66. The Balaban J connectivity index is 2.04. The smallest absolute Gasteiger partial charge is 0.166 e. The number of aryl methyl sites for hydroxylation is 1. The average molecular weight is 282 g/mol. The van der Waals surface area contributed by atoms with E-state index in [1.807, 2.05) is 31.2 Å². The maximum absolute atomic E-state index is 12.0. The van der Waals surface area contributed by atoms with Crippen LogP contribution in [0.15, 0.2) is 30.5 Å². The van der Waals surface area contributed by atoms with Crippen molar-refractivity contribution >= 4 is 5.78 Å². The summed E-state index contributed by atoms with van der Waals surface area (Å²) in [6, 6.07) is 7.74. The molecule has 0 unspecified atom stereocenters. The van der Waals surface area contributed by atoms with Crippen LogP contribution in [0.25, 0.3) is 11.4 Å². The van der Waals surface area contributed by atoms with E-state index in [9.17, 15) is 4.79 Å². The van der Waals surface area contributed by atoms with Gasteiger partial charge in [-0.1, -0.05) is 12.1 Å². The van der Waals surface area contributed by atoms with Crippen molar-refractivity contribution < 1.29 is 9.53 Å². The van der Waals surface area contributed by atoms with E-state index in [1.165, 1.54) is 0 Å². The fraction of sp³-hybridized carbons (Fsp3) is 0.353. The van der Waals surface area contributed by atoms with Crippen molar-refractivity contribution in [2.45, 2.75) is 32.6 Å². The number of nitrogens with zero attached hydrogens (tertiary/aromatic N) is 2. The van der Waals surface area contributed by atoms with E-state index >= 15 is 0 Å². The number of ketones is 1. The van der Waals surface area contributed by atoms with E-state index in [-0.39, 0.29) is 5.78 Å². The van der Waals surface area contributed by atoms with Crippen molar-refractivity contribution in [1.82, 2.24) is 9.97 Å². The van der Waals surface area contributed by atoms with Crippen LogP contribution in [0.3, 0.4) is 0 Å². The van der Waals surface area contributed by atoms with Crippen LogP contribution in [0.5, 0.6) is 5.75 Å². The lowest BCUT2D eigenvalue weighted by molar-refractivity contribution is 0.0981. The number of aromatic nitrogens is 2. The van der Waals surface area contributed by atoms with Gasteiger partial charge in [0.15, 0.2) is 11.6 Å². The summed E-state index contributed by atoms with van der Waals surface area (Å²) in [5.41, 5.74) is 2.43. The van der Waals surface area contributed by atoms with Gasteiger partial charge in [-0.2, -0.15) is 0 Å². The minimum atomic E-state index is 0.159. The molecule has 0 spiro atoms. The third-order valence-electron chi connectivity index (χ3n) is 3.66. The SMILES string of the molecule is CCOc1ccccc1-c1ncc2c(n1)CCCCC2=O. The zero-order valence-corrected chi connectivity index (χ0v) is 12.1. The summed E-state index contributed by atoms with van der Waals surface area (Å²) in [7, 11) is 0. The van der Waals surface area contributed by atoms with Gasteiger partial charge in [-0.25, -0.2) is 9.97 Å². The molecule has 0 amide bonds. The number of benzene rings is 1. The lowest BCUT2D eigenvalue weighted by Crippen LogP contribution is -2.06. The summed E-state index contributed by atoms with van der Waals surface area (Å²) in [4.78, 5) is 21.0. The maximum Gasteiger partial charge on any atom is 0.166 e. The quantitative estimate of drug-likeness (QED) is 0.809. The van der Waals surface area contributed by atoms with Gasteiger partial charge in [0.25, 0.3) is 0 Å². The molecule has 4 nitrogen and oxygen atoms in total. The highest BCUT2D eigenvalue weighted by molar-refractivity contribution is 5.97. The molecule has 1 aliphatic rings. The van der Waals surface area contributed by atoms with E-state index in [1.54, 1.807) is 6.20 Å². The van der Waals surface area contributed by atoms with Crippen molar-refractivity contribution in [2.75, 3.05) is 6.61 Å². The largest absolute Gasteiger partial charge is 0.493 e. The van der Waals surface area contributed by atoms with Crippen LogP contribution < -0.4 is 4.74 Å². The maximum atomic E-state index is 12.0. The summed E-state index contributed by atoms with van der Waals surface area (Å²) < 4.78 is 5.63. The monoisotopic (exact) mass is 282 g/mol. The van der Waals surface area contributed by atoms with Gasteiger partial charge in [-0.3, -0.25) is 4.79 Å². The molecule has 0 bridgehead atoms. The molecule has 0 saturated heterocycles. The van der Waals surface area contributed by atoms with Crippen molar-refractivity contribution in [3.05, 3.63) is 41.7 Å².